The molecule has 1 aliphatic rings. The first-order chi connectivity index (χ1) is 10.2. The van der Waals surface area contributed by atoms with Crippen LogP contribution in [0.3, 0.4) is 0 Å². The fourth-order valence-electron chi connectivity index (χ4n) is 2.29. The summed E-state index contributed by atoms with van der Waals surface area (Å²) in [6, 6.07) is 1.36. The zero-order chi connectivity index (χ0) is 15.2. The third-order valence-corrected chi connectivity index (χ3v) is 3.86. The molecule has 7 nitrogen and oxygen atoms in total. The van der Waals surface area contributed by atoms with Gasteiger partial charge in [-0.25, -0.2) is 0 Å². The Kier molecular flexibility index (Phi) is 5.63. The summed E-state index contributed by atoms with van der Waals surface area (Å²) in [6.07, 6.45) is 3.55. The van der Waals surface area contributed by atoms with Crippen molar-refractivity contribution in [3.05, 3.63) is 18.0 Å². The molecule has 2 heterocycles. The minimum Gasteiger partial charge on any atom is -0.383 e. The molecule has 116 valence electrons. The Morgan fingerprint density at radius 1 is 1.57 bits per heavy atom. The summed E-state index contributed by atoms with van der Waals surface area (Å²) in [4.78, 5) is 26.1. The molecule has 1 atom stereocenters. The predicted molar refractivity (Wildman–Crippen MR) is 79.9 cm³/mol. The van der Waals surface area contributed by atoms with Gasteiger partial charge < -0.3 is 15.0 Å². The molecule has 0 bridgehead atoms. The molecule has 1 aromatic heterocycles. The van der Waals surface area contributed by atoms with E-state index >= 15 is 0 Å². The maximum Gasteiger partial charge on any atom is 0.246 e. The summed E-state index contributed by atoms with van der Waals surface area (Å²) >= 11 is 1.48. The van der Waals surface area contributed by atoms with E-state index in [0.29, 0.717) is 32.0 Å². The average molecular weight is 312 g/mol. The number of nitrogens with one attached hydrogen (secondary N) is 1. The predicted octanol–water partition coefficient (Wildman–Crippen LogP) is -0.108. The van der Waals surface area contributed by atoms with Gasteiger partial charge in [-0.1, -0.05) is 0 Å². The highest BCUT2D eigenvalue weighted by molar-refractivity contribution is 7.99. The number of amides is 2. The minimum atomic E-state index is -0.480. The standard InChI is InChI=1S/C13H20N4O3S/c1-20-6-5-14-13(19)11-8-16(12(18)9-21-2)7-10-3-4-15-17(10)11/h3-4,11H,5-9H2,1-2H3,(H,14,19)/t11-/m1/s1. The van der Waals surface area contributed by atoms with Crippen LogP contribution in [-0.4, -0.2) is 65.3 Å². The lowest BCUT2D eigenvalue weighted by Gasteiger charge is -2.33. The van der Waals surface area contributed by atoms with Gasteiger partial charge in [-0.05, 0) is 12.3 Å². The number of aromatic nitrogens is 2. The van der Waals surface area contributed by atoms with Crippen molar-refractivity contribution in [2.45, 2.75) is 12.6 Å². The molecule has 0 unspecified atom stereocenters. The average Bonchev–Trinajstić information content (AvgIpc) is 2.94. The zero-order valence-electron chi connectivity index (χ0n) is 12.2. The number of hydrogen-bond acceptors (Lipinski definition) is 5. The van der Waals surface area contributed by atoms with Gasteiger partial charge in [-0.3, -0.25) is 14.3 Å². The number of carbonyl (C=O) groups excluding carboxylic acids is 2. The van der Waals surface area contributed by atoms with Gasteiger partial charge in [0.15, 0.2) is 0 Å². The number of rotatable bonds is 6. The number of fused-ring (bicyclic) bond motifs is 1. The van der Waals surface area contributed by atoms with Gasteiger partial charge >= 0.3 is 0 Å². The van der Waals surface area contributed by atoms with E-state index in [1.807, 2.05) is 12.3 Å². The van der Waals surface area contributed by atoms with Crippen molar-refractivity contribution in [2.75, 3.05) is 38.8 Å². The second kappa shape index (κ2) is 7.46. The van der Waals surface area contributed by atoms with Crippen LogP contribution in [0.4, 0.5) is 0 Å². The second-order valence-electron chi connectivity index (χ2n) is 4.77. The molecule has 0 aliphatic carbocycles. The largest absolute Gasteiger partial charge is 0.383 e. The van der Waals surface area contributed by atoms with Crippen LogP contribution in [-0.2, 0) is 20.9 Å². The molecular weight excluding hydrogens is 292 g/mol. The van der Waals surface area contributed by atoms with E-state index in [0.717, 1.165) is 5.69 Å². The lowest BCUT2D eigenvalue weighted by Crippen LogP contribution is -2.47. The van der Waals surface area contributed by atoms with E-state index < -0.39 is 6.04 Å². The fraction of sp³-hybridized carbons (Fsp3) is 0.615. The van der Waals surface area contributed by atoms with Crippen molar-refractivity contribution in [1.82, 2.24) is 20.0 Å². The molecule has 1 aliphatic heterocycles. The Hall–Kier alpha value is -1.54. The van der Waals surface area contributed by atoms with Crippen LogP contribution in [0.25, 0.3) is 0 Å². The zero-order valence-corrected chi connectivity index (χ0v) is 13.1. The topological polar surface area (TPSA) is 76.5 Å². The Labute approximate surface area is 128 Å². The van der Waals surface area contributed by atoms with Crippen LogP contribution >= 0.6 is 11.8 Å². The molecule has 1 aromatic rings. The molecule has 0 spiro atoms. The summed E-state index contributed by atoms with van der Waals surface area (Å²) in [5.74, 6) is 0.329. The number of methoxy groups -OCH3 is 1. The van der Waals surface area contributed by atoms with Crippen molar-refractivity contribution in [3.8, 4) is 0 Å². The smallest absolute Gasteiger partial charge is 0.246 e. The first kappa shape index (κ1) is 15.8. The van der Waals surface area contributed by atoms with Crippen LogP contribution in [0.15, 0.2) is 12.3 Å². The maximum absolute atomic E-state index is 12.3. The SMILES string of the molecule is COCCNC(=O)[C@H]1CN(C(=O)CSC)Cc2ccnn21. The molecule has 0 radical (unpaired) electrons. The van der Waals surface area contributed by atoms with E-state index in [1.54, 1.807) is 22.9 Å². The first-order valence-electron chi connectivity index (χ1n) is 6.73. The van der Waals surface area contributed by atoms with Crippen LogP contribution in [0, 0.1) is 0 Å². The molecule has 2 amide bonds. The molecule has 0 saturated carbocycles. The highest BCUT2D eigenvalue weighted by Gasteiger charge is 2.32. The lowest BCUT2D eigenvalue weighted by molar-refractivity contribution is -0.133. The fourth-order valence-corrected chi connectivity index (χ4v) is 2.72. The molecule has 8 heteroatoms. The van der Waals surface area contributed by atoms with Gasteiger partial charge in [-0.2, -0.15) is 16.9 Å². The summed E-state index contributed by atoms with van der Waals surface area (Å²) in [6.45, 7) is 1.76. The highest BCUT2D eigenvalue weighted by Crippen LogP contribution is 2.21. The van der Waals surface area contributed by atoms with Crippen molar-refractivity contribution in [1.29, 1.82) is 0 Å². The lowest BCUT2D eigenvalue weighted by atomic mass is 10.1. The molecule has 2 rings (SSSR count). The van der Waals surface area contributed by atoms with Gasteiger partial charge in [-0.15, -0.1) is 0 Å². The number of hydrogen-bond donors (Lipinski definition) is 1. The molecular formula is C13H20N4O3S. The third-order valence-electron chi connectivity index (χ3n) is 3.32. The van der Waals surface area contributed by atoms with Gasteiger partial charge in [0, 0.05) is 19.9 Å². The number of carbonyl (C=O) groups is 2. The van der Waals surface area contributed by atoms with Gasteiger partial charge in [0.1, 0.15) is 6.04 Å². The van der Waals surface area contributed by atoms with E-state index in [2.05, 4.69) is 10.4 Å². The van der Waals surface area contributed by atoms with Gasteiger partial charge in [0.05, 0.1) is 31.1 Å². The van der Waals surface area contributed by atoms with Crippen LogP contribution in [0.2, 0.25) is 0 Å². The Morgan fingerprint density at radius 3 is 3.10 bits per heavy atom. The number of nitrogens with zero attached hydrogens (tertiary/aromatic N) is 3. The molecule has 0 saturated heterocycles. The van der Waals surface area contributed by atoms with E-state index in [4.69, 9.17) is 4.74 Å². The van der Waals surface area contributed by atoms with Gasteiger partial charge in [0.25, 0.3) is 0 Å². The van der Waals surface area contributed by atoms with E-state index in [-0.39, 0.29) is 11.8 Å². The summed E-state index contributed by atoms with van der Waals surface area (Å²) in [7, 11) is 1.58. The van der Waals surface area contributed by atoms with Crippen LogP contribution in [0.5, 0.6) is 0 Å². The van der Waals surface area contributed by atoms with E-state index in [1.165, 1.54) is 11.8 Å². The van der Waals surface area contributed by atoms with Crippen molar-refractivity contribution >= 4 is 23.6 Å². The number of ether oxygens (including phenoxy) is 1. The molecule has 0 aromatic carbocycles. The van der Waals surface area contributed by atoms with Crippen LogP contribution < -0.4 is 5.32 Å². The maximum atomic E-state index is 12.3. The third kappa shape index (κ3) is 3.76. The summed E-state index contributed by atoms with van der Waals surface area (Å²) in [5.41, 5.74) is 0.877. The van der Waals surface area contributed by atoms with E-state index in [9.17, 15) is 9.59 Å². The molecule has 21 heavy (non-hydrogen) atoms. The van der Waals surface area contributed by atoms with Crippen LogP contribution in [0.1, 0.15) is 11.7 Å². The van der Waals surface area contributed by atoms with Crippen molar-refractivity contribution < 1.29 is 14.3 Å². The second-order valence-corrected chi connectivity index (χ2v) is 5.64. The Balaban J connectivity index is 2.09. The van der Waals surface area contributed by atoms with Crippen molar-refractivity contribution in [2.24, 2.45) is 0 Å². The minimum absolute atomic E-state index is 0.0460. The Morgan fingerprint density at radius 2 is 2.38 bits per heavy atom. The van der Waals surface area contributed by atoms with Gasteiger partial charge in [0.2, 0.25) is 11.8 Å². The Bertz CT molecular complexity index is 505. The quantitative estimate of drug-likeness (QED) is 0.742. The van der Waals surface area contributed by atoms with Crippen molar-refractivity contribution in [3.63, 3.8) is 0 Å². The monoisotopic (exact) mass is 312 g/mol. The highest BCUT2D eigenvalue weighted by atomic mass is 32.2. The molecule has 1 N–H and O–H groups in total. The first-order valence-corrected chi connectivity index (χ1v) is 8.12. The summed E-state index contributed by atoms with van der Waals surface area (Å²) < 4.78 is 6.62. The normalized spacial score (nSPS) is 17.4. The molecule has 0 fully saturated rings. The summed E-state index contributed by atoms with van der Waals surface area (Å²) in [5, 5.41) is 7.02. The number of thioether (sulfide) groups is 1.